The van der Waals surface area contributed by atoms with Crippen molar-refractivity contribution in [3.63, 3.8) is 0 Å². The molecule has 0 spiro atoms. The minimum Gasteiger partial charge on any atom is -0.355 e. The van der Waals surface area contributed by atoms with Crippen LogP contribution in [0.25, 0.3) is 0 Å². The second-order valence-electron chi connectivity index (χ2n) is 6.01. The maximum Gasteiger partial charge on any atom is 0.239 e. The first kappa shape index (κ1) is 16.1. The molecule has 1 aliphatic carbocycles. The van der Waals surface area contributed by atoms with Crippen molar-refractivity contribution >= 4 is 5.91 Å². The summed E-state index contributed by atoms with van der Waals surface area (Å²) < 4.78 is 2.05. The number of nitrogens with zero attached hydrogens (tertiary/aromatic N) is 1. The Morgan fingerprint density at radius 1 is 1.29 bits per heavy atom. The minimum atomic E-state index is 0.119. The minimum absolute atomic E-state index is 0.119. The third-order valence-electron chi connectivity index (χ3n) is 4.13. The highest BCUT2D eigenvalue weighted by molar-refractivity contribution is 5.75. The van der Waals surface area contributed by atoms with E-state index >= 15 is 0 Å². The molecule has 0 saturated carbocycles. The molecule has 118 valence electrons. The van der Waals surface area contributed by atoms with Gasteiger partial charge in [-0.1, -0.05) is 20.3 Å². The molecule has 0 bridgehead atoms. The Morgan fingerprint density at radius 2 is 2.14 bits per heavy atom. The fourth-order valence-electron chi connectivity index (χ4n) is 3.00. The Bertz CT molecular complexity index is 453. The fourth-order valence-corrected chi connectivity index (χ4v) is 3.00. The van der Waals surface area contributed by atoms with E-state index in [1.54, 1.807) is 0 Å². The van der Waals surface area contributed by atoms with E-state index in [0.717, 1.165) is 38.8 Å². The van der Waals surface area contributed by atoms with Gasteiger partial charge < -0.3 is 15.2 Å². The molecule has 2 rings (SSSR count). The second kappa shape index (κ2) is 8.23. The highest BCUT2D eigenvalue weighted by Gasteiger charge is 2.21. The van der Waals surface area contributed by atoms with E-state index in [1.807, 2.05) is 0 Å². The van der Waals surface area contributed by atoms with Crippen LogP contribution in [0.4, 0.5) is 0 Å². The maximum absolute atomic E-state index is 11.9. The normalized spacial score (nSPS) is 17.5. The summed E-state index contributed by atoms with van der Waals surface area (Å²) in [5.74, 6) is 0.119. The van der Waals surface area contributed by atoms with Gasteiger partial charge in [0.2, 0.25) is 5.91 Å². The molecule has 1 unspecified atom stereocenters. The molecule has 4 nitrogen and oxygen atoms in total. The molecular formula is C17H29N3O. The third-order valence-corrected chi connectivity index (χ3v) is 4.13. The molecule has 1 aromatic rings. The molecule has 0 fully saturated rings. The number of carbonyl (C=O) groups excluding carboxylic acids is 1. The van der Waals surface area contributed by atoms with E-state index in [9.17, 15) is 4.79 Å². The van der Waals surface area contributed by atoms with E-state index in [0.29, 0.717) is 12.6 Å². The van der Waals surface area contributed by atoms with Crippen molar-refractivity contribution < 1.29 is 4.79 Å². The number of nitrogens with one attached hydrogen (secondary N) is 2. The summed E-state index contributed by atoms with van der Waals surface area (Å²) in [5, 5.41) is 6.60. The van der Waals surface area contributed by atoms with Crippen LogP contribution in [0.3, 0.4) is 0 Å². The molecule has 2 N–H and O–H groups in total. The van der Waals surface area contributed by atoms with Crippen molar-refractivity contribution in [1.82, 2.24) is 15.2 Å². The Morgan fingerprint density at radius 3 is 2.90 bits per heavy atom. The number of carbonyl (C=O) groups is 1. The monoisotopic (exact) mass is 291 g/mol. The van der Waals surface area contributed by atoms with E-state index in [1.165, 1.54) is 24.0 Å². The molecule has 1 aliphatic rings. The first-order valence-electron chi connectivity index (χ1n) is 8.43. The van der Waals surface area contributed by atoms with Crippen LogP contribution in [0, 0.1) is 0 Å². The van der Waals surface area contributed by atoms with Crippen molar-refractivity contribution in [2.45, 2.75) is 65.0 Å². The summed E-state index contributed by atoms with van der Waals surface area (Å²) in [6, 6.07) is 0.470. The van der Waals surface area contributed by atoms with Crippen LogP contribution in [0.15, 0.2) is 12.4 Å². The van der Waals surface area contributed by atoms with Crippen molar-refractivity contribution in [2.75, 3.05) is 13.1 Å². The largest absolute Gasteiger partial charge is 0.355 e. The molecule has 1 amide bonds. The van der Waals surface area contributed by atoms with Gasteiger partial charge in [0.05, 0.1) is 0 Å². The predicted molar refractivity (Wildman–Crippen MR) is 86.3 cm³/mol. The lowest BCUT2D eigenvalue weighted by molar-refractivity contribution is -0.121. The average molecular weight is 291 g/mol. The number of fused-ring (bicyclic) bond motifs is 1. The van der Waals surface area contributed by atoms with Gasteiger partial charge in [0.1, 0.15) is 6.54 Å². The molecule has 1 heterocycles. The van der Waals surface area contributed by atoms with Gasteiger partial charge in [0.25, 0.3) is 0 Å². The number of amides is 1. The molecule has 0 aromatic carbocycles. The zero-order valence-corrected chi connectivity index (χ0v) is 13.5. The van der Waals surface area contributed by atoms with Crippen LogP contribution < -0.4 is 10.6 Å². The van der Waals surface area contributed by atoms with Gasteiger partial charge in [-0.05, 0) is 49.8 Å². The van der Waals surface area contributed by atoms with Gasteiger partial charge in [0, 0.05) is 25.0 Å². The van der Waals surface area contributed by atoms with Crippen LogP contribution in [-0.2, 0) is 17.8 Å². The highest BCUT2D eigenvalue weighted by atomic mass is 16.1. The van der Waals surface area contributed by atoms with Gasteiger partial charge in [-0.15, -0.1) is 0 Å². The predicted octanol–water partition coefficient (Wildman–Crippen LogP) is 2.78. The zero-order chi connectivity index (χ0) is 15.1. The molecule has 1 atom stereocenters. The number of unbranched alkanes of at least 4 members (excludes halogenated alkanes) is 1. The summed E-state index contributed by atoms with van der Waals surface area (Å²) >= 11 is 0. The lowest BCUT2D eigenvalue weighted by Crippen LogP contribution is -2.28. The van der Waals surface area contributed by atoms with Crippen LogP contribution in [-0.4, -0.2) is 23.6 Å². The summed E-state index contributed by atoms with van der Waals surface area (Å²) in [5.41, 5.74) is 2.81. The number of rotatable bonds is 8. The van der Waals surface area contributed by atoms with Gasteiger partial charge >= 0.3 is 0 Å². The SMILES string of the molecule is CCCCNC(=O)Cn1cc2c(c1)C(NCCC)CCC2. The first-order chi connectivity index (χ1) is 10.2. The molecule has 4 heteroatoms. The summed E-state index contributed by atoms with van der Waals surface area (Å²) in [7, 11) is 0. The van der Waals surface area contributed by atoms with Crippen molar-refractivity contribution in [2.24, 2.45) is 0 Å². The number of hydrogen-bond donors (Lipinski definition) is 2. The van der Waals surface area contributed by atoms with Crippen molar-refractivity contribution in [3.8, 4) is 0 Å². The van der Waals surface area contributed by atoms with Gasteiger partial charge in [-0.3, -0.25) is 4.79 Å². The summed E-state index contributed by atoms with van der Waals surface area (Å²) in [6.45, 7) is 6.62. The summed E-state index contributed by atoms with van der Waals surface area (Å²) in [4.78, 5) is 11.9. The number of aryl methyl sites for hydroxylation is 1. The van der Waals surface area contributed by atoms with Crippen molar-refractivity contribution in [3.05, 3.63) is 23.5 Å². The number of aromatic nitrogens is 1. The quantitative estimate of drug-likeness (QED) is 0.724. The highest BCUT2D eigenvalue weighted by Crippen LogP contribution is 2.30. The lowest BCUT2D eigenvalue weighted by atomic mass is 9.91. The second-order valence-corrected chi connectivity index (χ2v) is 6.01. The topological polar surface area (TPSA) is 46.1 Å². The standard InChI is InChI=1S/C17H29N3O/c1-3-5-10-19-17(21)13-20-11-14-7-6-8-16(15(14)12-20)18-9-4-2/h11-12,16,18H,3-10,13H2,1-2H3,(H,19,21). The van der Waals surface area contributed by atoms with E-state index in [-0.39, 0.29) is 5.91 Å². The third kappa shape index (κ3) is 4.60. The molecule has 0 aliphatic heterocycles. The Kier molecular flexibility index (Phi) is 6.30. The lowest BCUT2D eigenvalue weighted by Gasteiger charge is -2.23. The zero-order valence-electron chi connectivity index (χ0n) is 13.5. The van der Waals surface area contributed by atoms with Crippen LogP contribution in [0.1, 0.15) is 63.1 Å². The van der Waals surface area contributed by atoms with E-state index < -0.39 is 0 Å². The molecule has 1 aromatic heterocycles. The summed E-state index contributed by atoms with van der Waals surface area (Å²) in [6.07, 6.45) is 11.2. The van der Waals surface area contributed by atoms with Crippen LogP contribution in [0.5, 0.6) is 0 Å². The van der Waals surface area contributed by atoms with Gasteiger partial charge in [-0.25, -0.2) is 0 Å². The Labute approximate surface area is 128 Å². The fraction of sp³-hybridized carbons (Fsp3) is 0.706. The number of hydrogen-bond acceptors (Lipinski definition) is 2. The maximum atomic E-state index is 11.9. The average Bonchev–Trinajstić information content (AvgIpc) is 2.88. The van der Waals surface area contributed by atoms with Crippen molar-refractivity contribution in [1.29, 1.82) is 0 Å². The van der Waals surface area contributed by atoms with Crippen LogP contribution >= 0.6 is 0 Å². The van der Waals surface area contributed by atoms with Crippen LogP contribution in [0.2, 0.25) is 0 Å². The molecule has 0 saturated heterocycles. The Hall–Kier alpha value is -1.29. The molecular weight excluding hydrogens is 262 g/mol. The Balaban J connectivity index is 1.94. The van der Waals surface area contributed by atoms with E-state index in [4.69, 9.17) is 0 Å². The van der Waals surface area contributed by atoms with E-state index in [2.05, 4.69) is 41.4 Å². The smallest absolute Gasteiger partial charge is 0.239 e. The molecule has 0 radical (unpaired) electrons. The molecule has 21 heavy (non-hydrogen) atoms. The van der Waals surface area contributed by atoms with Gasteiger partial charge in [-0.2, -0.15) is 0 Å². The van der Waals surface area contributed by atoms with Gasteiger partial charge in [0.15, 0.2) is 0 Å². The first-order valence-corrected chi connectivity index (χ1v) is 8.43.